The van der Waals surface area contributed by atoms with Crippen molar-refractivity contribution in [3.8, 4) is 0 Å². The molecule has 3 aromatic carbocycles. The quantitative estimate of drug-likeness (QED) is 0.509. The summed E-state index contributed by atoms with van der Waals surface area (Å²) in [5.74, 6) is -0.946. The first kappa shape index (κ1) is 17.5. The van der Waals surface area contributed by atoms with Crippen molar-refractivity contribution in [2.45, 2.75) is 13.3 Å². The molecule has 0 aliphatic heterocycles. The third-order valence-corrected chi connectivity index (χ3v) is 3.86. The minimum atomic E-state index is -0.539. The van der Waals surface area contributed by atoms with Gasteiger partial charge in [0, 0.05) is 11.1 Å². The summed E-state index contributed by atoms with van der Waals surface area (Å²) in [5.41, 5.74) is 2.30. The van der Waals surface area contributed by atoms with Crippen LogP contribution in [0.25, 0.3) is 10.8 Å². The fraction of sp³-hybridized carbons (Fsp3) is 0.143. The first-order chi connectivity index (χ1) is 12.7. The van der Waals surface area contributed by atoms with E-state index in [1.54, 1.807) is 6.92 Å². The second kappa shape index (κ2) is 8.16. The summed E-state index contributed by atoms with van der Waals surface area (Å²) in [6.45, 7) is 1.96. The summed E-state index contributed by atoms with van der Waals surface area (Å²) in [6.07, 6.45) is -0.318. The number of esters is 1. The van der Waals surface area contributed by atoms with E-state index >= 15 is 0 Å². The van der Waals surface area contributed by atoms with Crippen molar-refractivity contribution < 1.29 is 14.3 Å². The van der Waals surface area contributed by atoms with Gasteiger partial charge in [0.05, 0.1) is 18.0 Å². The van der Waals surface area contributed by atoms with Crippen molar-refractivity contribution in [2.75, 3.05) is 17.2 Å². The normalized spacial score (nSPS) is 10.3. The zero-order valence-corrected chi connectivity index (χ0v) is 14.5. The third-order valence-electron chi connectivity index (χ3n) is 3.86. The standard InChI is InChI=1S/C21H20N2O3/c1-2-26-20(25)14-19(24)23-21-17-11-7-6-8-15(17)12-13-18(21)22-16-9-4-3-5-10-16/h3-13,22H,2,14H2,1H3,(H,23,24). The maximum absolute atomic E-state index is 12.3. The van der Waals surface area contributed by atoms with Gasteiger partial charge in [-0.1, -0.05) is 48.5 Å². The largest absolute Gasteiger partial charge is 0.466 e. The van der Waals surface area contributed by atoms with Crippen molar-refractivity contribution in [1.29, 1.82) is 0 Å². The van der Waals surface area contributed by atoms with E-state index in [-0.39, 0.29) is 13.0 Å². The fourth-order valence-electron chi connectivity index (χ4n) is 2.71. The minimum absolute atomic E-state index is 0.251. The number of ether oxygens (including phenoxy) is 1. The number of carbonyl (C=O) groups is 2. The van der Waals surface area contributed by atoms with Crippen LogP contribution in [-0.2, 0) is 14.3 Å². The molecule has 0 fully saturated rings. The van der Waals surface area contributed by atoms with Crippen LogP contribution in [0.1, 0.15) is 13.3 Å². The second-order valence-corrected chi connectivity index (χ2v) is 5.73. The molecule has 0 saturated carbocycles. The Morgan fingerprint density at radius 2 is 1.65 bits per heavy atom. The number of fused-ring (bicyclic) bond motifs is 1. The molecule has 0 unspecified atom stereocenters. The van der Waals surface area contributed by atoms with Gasteiger partial charge in [-0.2, -0.15) is 0 Å². The van der Waals surface area contributed by atoms with Gasteiger partial charge in [-0.3, -0.25) is 9.59 Å². The molecular weight excluding hydrogens is 328 g/mol. The lowest BCUT2D eigenvalue weighted by Gasteiger charge is -2.16. The Bertz CT molecular complexity index is 923. The van der Waals surface area contributed by atoms with Crippen molar-refractivity contribution >= 4 is 39.7 Å². The molecule has 0 aromatic heterocycles. The first-order valence-corrected chi connectivity index (χ1v) is 8.46. The number of carbonyl (C=O) groups excluding carboxylic acids is 2. The number of nitrogens with one attached hydrogen (secondary N) is 2. The molecule has 5 nitrogen and oxygen atoms in total. The van der Waals surface area contributed by atoms with Crippen LogP contribution in [0.2, 0.25) is 0 Å². The molecule has 5 heteroatoms. The van der Waals surface area contributed by atoms with Gasteiger partial charge >= 0.3 is 5.97 Å². The van der Waals surface area contributed by atoms with Gasteiger partial charge in [0.2, 0.25) is 5.91 Å². The molecule has 3 rings (SSSR count). The Morgan fingerprint density at radius 1 is 0.923 bits per heavy atom. The highest BCUT2D eigenvalue weighted by Crippen LogP contribution is 2.33. The molecule has 0 aliphatic rings. The Morgan fingerprint density at radius 3 is 2.42 bits per heavy atom. The van der Waals surface area contributed by atoms with Crippen LogP contribution < -0.4 is 10.6 Å². The van der Waals surface area contributed by atoms with E-state index in [1.807, 2.05) is 66.7 Å². The van der Waals surface area contributed by atoms with Crippen LogP contribution in [0.5, 0.6) is 0 Å². The number of amides is 1. The number of anilines is 3. The topological polar surface area (TPSA) is 67.4 Å². The molecule has 26 heavy (non-hydrogen) atoms. The number of hydrogen-bond donors (Lipinski definition) is 2. The summed E-state index contributed by atoms with van der Waals surface area (Å²) in [7, 11) is 0. The fourth-order valence-corrected chi connectivity index (χ4v) is 2.71. The summed E-state index contributed by atoms with van der Waals surface area (Å²) in [4.78, 5) is 23.9. The van der Waals surface area contributed by atoms with E-state index in [0.29, 0.717) is 5.69 Å². The van der Waals surface area contributed by atoms with E-state index in [2.05, 4.69) is 10.6 Å². The van der Waals surface area contributed by atoms with E-state index in [9.17, 15) is 9.59 Å². The predicted octanol–water partition coefficient (Wildman–Crippen LogP) is 4.48. The number of rotatable bonds is 6. The Labute approximate surface area is 152 Å². The van der Waals surface area contributed by atoms with E-state index < -0.39 is 11.9 Å². The van der Waals surface area contributed by atoms with Crippen LogP contribution >= 0.6 is 0 Å². The number of benzene rings is 3. The summed E-state index contributed by atoms with van der Waals surface area (Å²) in [5, 5.41) is 8.07. The highest BCUT2D eigenvalue weighted by Gasteiger charge is 2.15. The van der Waals surface area contributed by atoms with Crippen molar-refractivity contribution in [3.05, 3.63) is 66.7 Å². The summed E-state index contributed by atoms with van der Waals surface area (Å²) >= 11 is 0. The van der Waals surface area contributed by atoms with Crippen LogP contribution in [0.15, 0.2) is 66.7 Å². The zero-order chi connectivity index (χ0) is 18.4. The Balaban J connectivity index is 1.93. The van der Waals surface area contributed by atoms with Gasteiger partial charge < -0.3 is 15.4 Å². The maximum atomic E-state index is 12.3. The average molecular weight is 348 g/mol. The molecule has 0 heterocycles. The van der Waals surface area contributed by atoms with Gasteiger partial charge in [-0.25, -0.2) is 0 Å². The molecule has 0 atom stereocenters. The average Bonchev–Trinajstić information content (AvgIpc) is 2.64. The first-order valence-electron chi connectivity index (χ1n) is 8.46. The van der Waals surface area contributed by atoms with Gasteiger partial charge in [0.1, 0.15) is 6.42 Å². The Hall–Kier alpha value is -3.34. The summed E-state index contributed by atoms with van der Waals surface area (Å²) < 4.78 is 4.85. The SMILES string of the molecule is CCOC(=O)CC(=O)Nc1c(Nc2ccccc2)ccc2ccccc12. The molecule has 3 aromatic rings. The Kier molecular flexibility index (Phi) is 5.49. The van der Waals surface area contributed by atoms with Crippen molar-refractivity contribution in [2.24, 2.45) is 0 Å². The van der Waals surface area contributed by atoms with Gasteiger partial charge in [0.25, 0.3) is 0 Å². The van der Waals surface area contributed by atoms with Gasteiger partial charge in [-0.15, -0.1) is 0 Å². The highest BCUT2D eigenvalue weighted by atomic mass is 16.5. The van der Waals surface area contributed by atoms with E-state index in [1.165, 1.54) is 0 Å². The van der Waals surface area contributed by atoms with Crippen LogP contribution in [0, 0.1) is 0 Å². The highest BCUT2D eigenvalue weighted by molar-refractivity contribution is 6.10. The number of para-hydroxylation sites is 1. The predicted molar refractivity (Wildman–Crippen MR) is 104 cm³/mol. The molecule has 2 N–H and O–H groups in total. The molecule has 0 aliphatic carbocycles. The lowest BCUT2D eigenvalue weighted by molar-refractivity contribution is -0.145. The molecule has 132 valence electrons. The van der Waals surface area contributed by atoms with E-state index in [4.69, 9.17) is 4.74 Å². The number of hydrogen-bond acceptors (Lipinski definition) is 4. The van der Waals surface area contributed by atoms with Gasteiger partial charge in [-0.05, 0) is 30.5 Å². The lowest BCUT2D eigenvalue weighted by Crippen LogP contribution is -2.19. The smallest absolute Gasteiger partial charge is 0.315 e. The van der Waals surface area contributed by atoms with Crippen molar-refractivity contribution in [3.63, 3.8) is 0 Å². The molecule has 0 bridgehead atoms. The molecule has 1 amide bonds. The monoisotopic (exact) mass is 348 g/mol. The van der Waals surface area contributed by atoms with Crippen LogP contribution in [0.4, 0.5) is 17.1 Å². The minimum Gasteiger partial charge on any atom is -0.466 e. The lowest BCUT2D eigenvalue weighted by atomic mass is 10.1. The molecular formula is C21H20N2O3. The molecule has 0 spiro atoms. The second-order valence-electron chi connectivity index (χ2n) is 5.73. The van der Waals surface area contributed by atoms with Crippen LogP contribution in [-0.4, -0.2) is 18.5 Å². The molecule has 0 saturated heterocycles. The third kappa shape index (κ3) is 4.19. The molecule has 0 radical (unpaired) electrons. The van der Waals surface area contributed by atoms with Crippen LogP contribution in [0.3, 0.4) is 0 Å². The zero-order valence-electron chi connectivity index (χ0n) is 14.5. The summed E-state index contributed by atoms with van der Waals surface area (Å²) in [6, 6.07) is 21.4. The van der Waals surface area contributed by atoms with E-state index in [0.717, 1.165) is 22.1 Å². The maximum Gasteiger partial charge on any atom is 0.315 e. The van der Waals surface area contributed by atoms with Crippen molar-refractivity contribution in [1.82, 2.24) is 0 Å². The van der Waals surface area contributed by atoms with Gasteiger partial charge in [0.15, 0.2) is 0 Å².